The van der Waals surface area contributed by atoms with E-state index in [0.717, 1.165) is 0 Å². The number of nitrogen functional groups attached to an aromatic ring is 1. The van der Waals surface area contributed by atoms with Crippen molar-refractivity contribution < 1.29 is 13.2 Å². The first-order chi connectivity index (χ1) is 8.40. The van der Waals surface area contributed by atoms with E-state index in [1.807, 2.05) is 0 Å². The fourth-order valence-corrected chi connectivity index (χ4v) is 2.76. The molecule has 1 aromatic rings. The molecule has 100 valence electrons. The molecule has 0 aromatic heterocycles. The molecule has 1 atom stereocenters. The lowest BCUT2D eigenvalue weighted by Gasteiger charge is -2.13. The number of rotatable bonds is 6. The number of nitrogens with two attached hydrogens (primary N) is 1. The smallest absolute Gasteiger partial charge is 0.240 e. The van der Waals surface area contributed by atoms with Gasteiger partial charge < -0.3 is 10.5 Å². The highest BCUT2D eigenvalue weighted by Crippen LogP contribution is 2.24. The van der Waals surface area contributed by atoms with Gasteiger partial charge in [0, 0.05) is 12.1 Å². The Hall–Kier alpha value is -1.53. The zero-order chi connectivity index (χ0) is 13.8. The standard InChI is InChI=1S/C12H18N2O3S/c1-4-5-9(2)14-18(15,16)10-6-7-11(13)12(8-10)17-3/h4,6-9,14H,1,5,13H2,2-3H3. The third-order valence-corrected chi connectivity index (χ3v) is 3.98. The van der Waals surface area contributed by atoms with Crippen LogP contribution in [0.15, 0.2) is 35.7 Å². The Morgan fingerprint density at radius 1 is 1.56 bits per heavy atom. The Labute approximate surface area is 108 Å². The summed E-state index contributed by atoms with van der Waals surface area (Å²) in [4.78, 5) is 0.129. The van der Waals surface area contributed by atoms with Gasteiger partial charge >= 0.3 is 0 Å². The van der Waals surface area contributed by atoms with Crippen LogP contribution in [0.4, 0.5) is 5.69 Å². The molecule has 1 aromatic carbocycles. The summed E-state index contributed by atoms with van der Waals surface area (Å²) in [5.41, 5.74) is 6.04. The molecular formula is C12H18N2O3S. The number of sulfonamides is 1. The Bertz CT molecular complexity index is 526. The van der Waals surface area contributed by atoms with Gasteiger partial charge in [0.1, 0.15) is 5.75 Å². The minimum atomic E-state index is -3.56. The number of hydrogen-bond donors (Lipinski definition) is 2. The van der Waals surface area contributed by atoms with Gasteiger partial charge in [-0.15, -0.1) is 6.58 Å². The molecule has 6 heteroatoms. The average Bonchev–Trinajstić information content (AvgIpc) is 2.28. The normalized spacial score (nSPS) is 13.0. The van der Waals surface area contributed by atoms with Crippen LogP contribution >= 0.6 is 0 Å². The van der Waals surface area contributed by atoms with E-state index in [-0.39, 0.29) is 10.9 Å². The SMILES string of the molecule is C=CCC(C)NS(=O)(=O)c1ccc(N)c(OC)c1. The Morgan fingerprint density at radius 3 is 2.78 bits per heavy atom. The predicted octanol–water partition coefficient (Wildman–Crippen LogP) is 1.52. The number of hydrogen-bond acceptors (Lipinski definition) is 4. The van der Waals surface area contributed by atoms with Crippen LogP contribution in [0.3, 0.4) is 0 Å². The molecule has 0 aliphatic heterocycles. The first-order valence-electron chi connectivity index (χ1n) is 5.47. The van der Waals surface area contributed by atoms with Gasteiger partial charge in [0.2, 0.25) is 10.0 Å². The summed E-state index contributed by atoms with van der Waals surface area (Å²) in [5.74, 6) is 0.342. The van der Waals surface area contributed by atoms with Gasteiger partial charge in [0.15, 0.2) is 0 Å². The maximum atomic E-state index is 12.1. The topological polar surface area (TPSA) is 81.4 Å². The van der Waals surface area contributed by atoms with Crippen molar-refractivity contribution in [2.24, 2.45) is 0 Å². The first-order valence-corrected chi connectivity index (χ1v) is 6.95. The lowest BCUT2D eigenvalue weighted by atomic mass is 10.3. The fourth-order valence-electron chi connectivity index (χ4n) is 1.49. The van der Waals surface area contributed by atoms with Gasteiger partial charge in [-0.1, -0.05) is 6.08 Å². The maximum absolute atomic E-state index is 12.1. The molecule has 1 unspecified atom stereocenters. The second kappa shape index (κ2) is 5.88. The van der Waals surface area contributed by atoms with Crippen molar-refractivity contribution in [3.8, 4) is 5.75 Å². The summed E-state index contributed by atoms with van der Waals surface area (Å²) in [5, 5.41) is 0. The molecule has 0 amide bonds. The maximum Gasteiger partial charge on any atom is 0.240 e. The summed E-state index contributed by atoms with van der Waals surface area (Å²) < 4.78 is 31.7. The third-order valence-electron chi connectivity index (χ3n) is 2.39. The van der Waals surface area contributed by atoms with Gasteiger partial charge in [-0.25, -0.2) is 13.1 Å². The van der Waals surface area contributed by atoms with Crippen LogP contribution in [0.2, 0.25) is 0 Å². The van der Waals surface area contributed by atoms with Gasteiger partial charge in [-0.2, -0.15) is 0 Å². The monoisotopic (exact) mass is 270 g/mol. The van der Waals surface area contributed by atoms with Crippen molar-refractivity contribution in [1.82, 2.24) is 4.72 Å². The molecule has 3 N–H and O–H groups in total. The molecule has 18 heavy (non-hydrogen) atoms. The zero-order valence-corrected chi connectivity index (χ0v) is 11.3. The third kappa shape index (κ3) is 3.48. The number of anilines is 1. The van der Waals surface area contributed by atoms with E-state index in [4.69, 9.17) is 10.5 Å². The van der Waals surface area contributed by atoms with E-state index in [2.05, 4.69) is 11.3 Å². The molecule has 0 bridgehead atoms. The van der Waals surface area contributed by atoms with Gasteiger partial charge in [0.25, 0.3) is 0 Å². The number of benzene rings is 1. The average molecular weight is 270 g/mol. The minimum Gasteiger partial charge on any atom is -0.495 e. The summed E-state index contributed by atoms with van der Waals surface area (Å²) in [7, 11) is -2.12. The van der Waals surface area contributed by atoms with Crippen LogP contribution < -0.4 is 15.2 Å². The lowest BCUT2D eigenvalue weighted by Crippen LogP contribution is -2.32. The molecule has 5 nitrogen and oxygen atoms in total. The molecular weight excluding hydrogens is 252 g/mol. The second-order valence-electron chi connectivity index (χ2n) is 3.95. The Kier molecular flexibility index (Phi) is 4.75. The van der Waals surface area contributed by atoms with Gasteiger partial charge in [-0.05, 0) is 25.5 Å². The van der Waals surface area contributed by atoms with Crippen molar-refractivity contribution in [2.75, 3.05) is 12.8 Å². The van der Waals surface area contributed by atoms with E-state index in [9.17, 15) is 8.42 Å². The zero-order valence-electron chi connectivity index (χ0n) is 10.5. The fraction of sp³-hybridized carbons (Fsp3) is 0.333. The van der Waals surface area contributed by atoms with Crippen LogP contribution in [0.1, 0.15) is 13.3 Å². The molecule has 0 saturated carbocycles. The minimum absolute atomic E-state index is 0.129. The molecule has 0 radical (unpaired) electrons. The number of nitrogens with one attached hydrogen (secondary N) is 1. The van der Waals surface area contributed by atoms with Crippen molar-refractivity contribution in [3.05, 3.63) is 30.9 Å². The molecule has 0 heterocycles. The summed E-state index contributed by atoms with van der Waals surface area (Å²) in [6.45, 7) is 5.34. The largest absolute Gasteiger partial charge is 0.495 e. The van der Waals surface area contributed by atoms with Crippen molar-refractivity contribution in [1.29, 1.82) is 0 Å². The highest BCUT2D eigenvalue weighted by atomic mass is 32.2. The van der Waals surface area contributed by atoms with Crippen LogP contribution in [0.25, 0.3) is 0 Å². The van der Waals surface area contributed by atoms with E-state index in [1.165, 1.54) is 25.3 Å². The number of ether oxygens (including phenoxy) is 1. The van der Waals surface area contributed by atoms with Gasteiger partial charge in [-0.3, -0.25) is 0 Å². The van der Waals surface area contributed by atoms with Crippen molar-refractivity contribution in [2.45, 2.75) is 24.3 Å². The quantitative estimate of drug-likeness (QED) is 0.606. The molecule has 0 aliphatic carbocycles. The molecule has 0 aliphatic rings. The predicted molar refractivity (Wildman–Crippen MR) is 72.0 cm³/mol. The first kappa shape index (κ1) is 14.5. The second-order valence-corrected chi connectivity index (χ2v) is 5.66. The summed E-state index contributed by atoms with van der Waals surface area (Å²) in [6.07, 6.45) is 2.22. The van der Waals surface area contributed by atoms with E-state index < -0.39 is 10.0 Å². The Balaban J connectivity index is 3.01. The van der Waals surface area contributed by atoms with E-state index in [0.29, 0.717) is 17.9 Å². The highest BCUT2D eigenvalue weighted by Gasteiger charge is 2.18. The summed E-state index contributed by atoms with van der Waals surface area (Å²) >= 11 is 0. The van der Waals surface area contributed by atoms with Crippen LogP contribution in [-0.2, 0) is 10.0 Å². The lowest BCUT2D eigenvalue weighted by molar-refractivity contribution is 0.415. The van der Waals surface area contributed by atoms with Crippen LogP contribution in [0.5, 0.6) is 5.75 Å². The van der Waals surface area contributed by atoms with Gasteiger partial charge in [0.05, 0.1) is 17.7 Å². The highest BCUT2D eigenvalue weighted by molar-refractivity contribution is 7.89. The van der Waals surface area contributed by atoms with Crippen LogP contribution in [-0.4, -0.2) is 21.6 Å². The molecule has 1 rings (SSSR count). The van der Waals surface area contributed by atoms with E-state index in [1.54, 1.807) is 13.0 Å². The Morgan fingerprint density at radius 2 is 2.22 bits per heavy atom. The van der Waals surface area contributed by atoms with Crippen LogP contribution in [0, 0.1) is 0 Å². The summed E-state index contributed by atoms with van der Waals surface area (Å²) in [6, 6.07) is 4.14. The van der Waals surface area contributed by atoms with Crippen molar-refractivity contribution in [3.63, 3.8) is 0 Å². The molecule has 0 saturated heterocycles. The molecule has 0 fully saturated rings. The van der Waals surface area contributed by atoms with Crippen molar-refractivity contribution >= 4 is 15.7 Å². The number of methoxy groups -OCH3 is 1. The van der Waals surface area contributed by atoms with E-state index >= 15 is 0 Å². The molecule has 0 spiro atoms.